The smallest absolute Gasteiger partial charge is 0.197 e. The van der Waals surface area contributed by atoms with E-state index in [9.17, 15) is 4.79 Å². The number of hydrogen-bond acceptors (Lipinski definition) is 2. The predicted molar refractivity (Wildman–Crippen MR) is 68.2 cm³/mol. The summed E-state index contributed by atoms with van der Waals surface area (Å²) < 4.78 is 5.58. The van der Waals surface area contributed by atoms with Crippen LogP contribution in [0, 0.1) is 13.8 Å². The normalized spacial score (nSPS) is 10.5. The van der Waals surface area contributed by atoms with Crippen LogP contribution in [-0.2, 0) is 0 Å². The molecule has 2 heteroatoms. The van der Waals surface area contributed by atoms with Crippen molar-refractivity contribution in [2.75, 3.05) is 0 Å². The molecule has 0 aliphatic carbocycles. The zero-order valence-corrected chi connectivity index (χ0v) is 10.4. The first-order valence-electron chi connectivity index (χ1n) is 5.82. The number of furan rings is 1. The molecule has 0 aliphatic heterocycles. The lowest BCUT2D eigenvalue weighted by atomic mass is 10.1. The van der Waals surface area contributed by atoms with Gasteiger partial charge in [0.15, 0.2) is 11.5 Å². The highest BCUT2D eigenvalue weighted by molar-refractivity contribution is 5.93. The lowest BCUT2D eigenvalue weighted by Gasteiger charge is -2.01. The van der Waals surface area contributed by atoms with Gasteiger partial charge in [-0.05, 0) is 38.1 Å². The standard InChI is InChI=1S/C15H16O2/c1-4-13(16)15-6-5-14(17-15)12-8-10(2)7-11(3)9-12/h5-9H,4H2,1-3H3. The van der Waals surface area contributed by atoms with Crippen LogP contribution in [0.3, 0.4) is 0 Å². The highest BCUT2D eigenvalue weighted by Gasteiger charge is 2.10. The molecule has 0 N–H and O–H groups in total. The molecule has 0 aliphatic rings. The summed E-state index contributed by atoms with van der Waals surface area (Å²) in [6, 6.07) is 9.85. The number of ketones is 1. The minimum absolute atomic E-state index is 0.0422. The molecule has 1 aromatic carbocycles. The van der Waals surface area contributed by atoms with Crippen LogP contribution in [0.2, 0.25) is 0 Å². The number of Topliss-reactive ketones (excluding diaryl/α,β-unsaturated/α-hetero) is 1. The Morgan fingerprint density at radius 1 is 1.12 bits per heavy atom. The Morgan fingerprint density at radius 2 is 1.76 bits per heavy atom. The van der Waals surface area contributed by atoms with Crippen molar-refractivity contribution in [1.82, 2.24) is 0 Å². The largest absolute Gasteiger partial charge is 0.453 e. The van der Waals surface area contributed by atoms with Crippen molar-refractivity contribution < 1.29 is 9.21 Å². The second-order valence-electron chi connectivity index (χ2n) is 4.32. The van der Waals surface area contributed by atoms with Crippen molar-refractivity contribution in [2.24, 2.45) is 0 Å². The first kappa shape index (κ1) is 11.6. The van der Waals surface area contributed by atoms with E-state index in [-0.39, 0.29) is 5.78 Å². The molecular formula is C15H16O2. The maximum absolute atomic E-state index is 11.5. The second-order valence-corrected chi connectivity index (χ2v) is 4.32. The number of benzene rings is 1. The van der Waals surface area contributed by atoms with Crippen molar-refractivity contribution in [3.05, 3.63) is 47.2 Å². The maximum atomic E-state index is 11.5. The Labute approximate surface area is 101 Å². The lowest BCUT2D eigenvalue weighted by Crippen LogP contribution is -1.92. The summed E-state index contributed by atoms with van der Waals surface area (Å²) in [4.78, 5) is 11.5. The molecule has 2 aromatic rings. The number of aryl methyl sites for hydroxylation is 2. The average Bonchev–Trinajstić information content (AvgIpc) is 2.76. The van der Waals surface area contributed by atoms with Crippen LogP contribution in [0.5, 0.6) is 0 Å². The zero-order chi connectivity index (χ0) is 12.4. The molecule has 2 rings (SSSR count). The molecule has 88 valence electrons. The van der Waals surface area contributed by atoms with Crippen LogP contribution < -0.4 is 0 Å². The van der Waals surface area contributed by atoms with E-state index in [2.05, 4.69) is 32.0 Å². The first-order chi connectivity index (χ1) is 8.10. The van der Waals surface area contributed by atoms with E-state index >= 15 is 0 Å². The van der Waals surface area contributed by atoms with E-state index in [0.717, 1.165) is 11.3 Å². The molecule has 0 atom stereocenters. The molecule has 0 bridgehead atoms. The Balaban J connectivity index is 2.40. The van der Waals surface area contributed by atoms with Gasteiger partial charge < -0.3 is 4.42 Å². The molecule has 0 saturated carbocycles. The summed E-state index contributed by atoms with van der Waals surface area (Å²) in [5.74, 6) is 1.25. The highest BCUT2D eigenvalue weighted by Crippen LogP contribution is 2.24. The number of carbonyl (C=O) groups excluding carboxylic acids is 1. The number of carbonyl (C=O) groups is 1. The Bertz CT molecular complexity index is 530. The second kappa shape index (κ2) is 4.58. The Kier molecular flexibility index (Phi) is 3.14. The van der Waals surface area contributed by atoms with Crippen LogP contribution in [0.4, 0.5) is 0 Å². The van der Waals surface area contributed by atoms with Gasteiger partial charge in [0, 0.05) is 12.0 Å². The molecule has 1 aromatic heterocycles. The highest BCUT2D eigenvalue weighted by atomic mass is 16.3. The van der Waals surface area contributed by atoms with Crippen LogP contribution in [0.1, 0.15) is 35.0 Å². The maximum Gasteiger partial charge on any atom is 0.197 e. The van der Waals surface area contributed by atoms with Gasteiger partial charge in [-0.15, -0.1) is 0 Å². The SMILES string of the molecule is CCC(=O)c1ccc(-c2cc(C)cc(C)c2)o1. The van der Waals surface area contributed by atoms with Gasteiger partial charge in [-0.1, -0.05) is 24.1 Å². The first-order valence-corrected chi connectivity index (χ1v) is 5.82. The molecule has 2 nitrogen and oxygen atoms in total. The lowest BCUT2D eigenvalue weighted by molar-refractivity contribution is 0.0962. The zero-order valence-electron chi connectivity index (χ0n) is 10.4. The van der Waals surface area contributed by atoms with Crippen LogP contribution in [-0.4, -0.2) is 5.78 Å². The molecule has 0 radical (unpaired) electrons. The minimum Gasteiger partial charge on any atom is -0.453 e. The summed E-state index contributed by atoms with van der Waals surface area (Å²) in [5.41, 5.74) is 3.41. The molecule has 1 heterocycles. The van der Waals surface area contributed by atoms with Gasteiger partial charge in [0.2, 0.25) is 0 Å². The van der Waals surface area contributed by atoms with Gasteiger partial charge >= 0.3 is 0 Å². The monoisotopic (exact) mass is 228 g/mol. The molecule has 0 spiro atoms. The van der Waals surface area contributed by atoms with Crippen molar-refractivity contribution >= 4 is 5.78 Å². The number of hydrogen-bond donors (Lipinski definition) is 0. The van der Waals surface area contributed by atoms with E-state index in [1.807, 2.05) is 13.0 Å². The summed E-state index contributed by atoms with van der Waals surface area (Å²) in [6.07, 6.45) is 0.472. The minimum atomic E-state index is 0.0422. The summed E-state index contributed by atoms with van der Waals surface area (Å²) >= 11 is 0. The van der Waals surface area contributed by atoms with Crippen molar-refractivity contribution in [2.45, 2.75) is 27.2 Å². The Morgan fingerprint density at radius 3 is 2.35 bits per heavy atom. The summed E-state index contributed by atoms with van der Waals surface area (Å²) in [5, 5.41) is 0. The quantitative estimate of drug-likeness (QED) is 0.738. The van der Waals surface area contributed by atoms with E-state index in [4.69, 9.17) is 4.42 Å². The summed E-state index contributed by atoms with van der Waals surface area (Å²) in [6.45, 7) is 5.94. The van der Waals surface area contributed by atoms with E-state index < -0.39 is 0 Å². The van der Waals surface area contributed by atoms with Crippen LogP contribution in [0.15, 0.2) is 34.7 Å². The fraction of sp³-hybridized carbons (Fsp3) is 0.267. The molecule has 0 fully saturated rings. The van der Waals surface area contributed by atoms with E-state index in [1.54, 1.807) is 6.07 Å². The average molecular weight is 228 g/mol. The van der Waals surface area contributed by atoms with Crippen molar-refractivity contribution in [3.8, 4) is 11.3 Å². The van der Waals surface area contributed by atoms with Gasteiger partial charge in [-0.3, -0.25) is 4.79 Å². The van der Waals surface area contributed by atoms with Crippen molar-refractivity contribution in [1.29, 1.82) is 0 Å². The Hall–Kier alpha value is -1.83. The fourth-order valence-electron chi connectivity index (χ4n) is 1.93. The fourth-order valence-corrected chi connectivity index (χ4v) is 1.93. The third-order valence-corrected chi connectivity index (χ3v) is 2.71. The third-order valence-electron chi connectivity index (χ3n) is 2.71. The van der Waals surface area contributed by atoms with Crippen molar-refractivity contribution in [3.63, 3.8) is 0 Å². The van der Waals surface area contributed by atoms with Gasteiger partial charge in [0.05, 0.1) is 0 Å². The summed E-state index contributed by atoms with van der Waals surface area (Å²) in [7, 11) is 0. The third kappa shape index (κ3) is 2.47. The van der Waals surface area contributed by atoms with Crippen LogP contribution >= 0.6 is 0 Å². The number of rotatable bonds is 3. The van der Waals surface area contributed by atoms with Crippen LogP contribution in [0.25, 0.3) is 11.3 Å². The van der Waals surface area contributed by atoms with Gasteiger partial charge in [0.25, 0.3) is 0 Å². The van der Waals surface area contributed by atoms with E-state index in [0.29, 0.717) is 12.2 Å². The topological polar surface area (TPSA) is 30.2 Å². The molecule has 0 saturated heterocycles. The molecule has 0 amide bonds. The predicted octanol–water partition coefficient (Wildman–Crippen LogP) is 4.16. The van der Waals surface area contributed by atoms with Gasteiger partial charge in [-0.2, -0.15) is 0 Å². The molecule has 0 unspecified atom stereocenters. The molecular weight excluding hydrogens is 212 g/mol. The van der Waals surface area contributed by atoms with Gasteiger partial charge in [-0.25, -0.2) is 0 Å². The molecule has 17 heavy (non-hydrogen) atoms. The van der Waals surface area contributed by atoms with E-state index in [1.165, 1.54) is 11.1 Å². The van der Waals surface area contributed by atoms with Gasteiger partial charge in [0.1, 0.15) is 5.76 Å².